The summed E-state index contributed by atoms with van der Waals surface area (Å²) in [6.07, 6.45) is 0.820. The number of phenolic OH excluding ortho intramolecular Hbond substituents is 1. The van der Waals surface area contributed by atoms with Gasteiger partial charge in [0, 0.05) is 5.92 Å². The highest BCUT2D eigenvalue weighted by molar-refractivity contribution is 5.68. The number of hydrogen-bond acceptors (Lipinski definition) is 3. The van der Waals surface area contributed by atoms with Crippen molar-refractivity contribution in [3.8, 4) is 11.5 Å². The molecule has 0 spiro atoms. The van der Waals surface area contributed by atoms with Crippen molar-refractivity contribution in [2.75, 3.05) is 6.61 Å². The Morgan fingerprint density at radius 1 is 0.846 bits per heavy atom. The number of aliphatic carboxylic acids is 1. The highest BCUT2D eigenvalue weighted by Gasteiger charge is 2.15. The summed E-state index contributed by atoms with van der Waals surface area (Å²) in [5.41, 5.74) is 3.42. The van der Waals surface area contributed by atoms with Crippen LogP contribution in [0.3, 0.4) is 0 Å². The highest BCUT2D eigenvalue weighted by atomic mass is 16.5. The first kappa shape index (κ1) is 17.5. The lowest BCUT2D eigenvalue weighted by Crippen LogP contribution is -2.09. The van der Waals surface area contributed by atoms with E-state index in [1.165, 1.54) is 5.56 Å². The standard InChI is InChI=1S/C22H20O4/c23-19-10-6-17(7-11-19)21(14-16-4-2-1-3-5-16)18-8-12-20(13-9-18)26-15-22(24)25/h1-13,21,23H,14-15H2,(H,24,25). The first-order chi connectivity index (χ1) is 12.6. The summed E-state index contributed by atoms with van der Waals surface area (Å²) in [4.78, 5) is 10.6. The molecule has 0 aliphatic carbocycles. The quantitative estimate of drug-likeness (QED) is 0.670. The zero-order valence-electron chi connectivity index (χ0n) is 14.2. The van der Waals surface area contributed by atoms with Gasteiger partial charge in [-0.05, 0) is 47.4 Å². The Hall–Kier alpha value is -3.27. The van der Waals surface area contributed by atoms with Crippen molar-refractivity contribution >= 4 is 5.97 Å². The first-order valence-corrected chi connectivity index (χ1v) is 8.39. The van der Waals surface area contributed by atoms with Crippen molar-refractivity contribution < 1.29 is 19.7 Å². The van der Waals surface area contributed by atoms with Crippen LogP contribution in [-0.2, 0) is 11.2 Å². The molecule has 0 bridgehead atoms. The number of carbonyl (C=O) groups is 1. The molecule has 3 aromatic rings. The van der Waals surface area contributed by atoms with Gasteiger partial charge in [0.15, 0.2) is 6.61 Å². The molecule has 4 nitrogen and oxygen atoms in total. The van der Waals surface area contributed by atoms with Gasteiger partial charge in [-0.15, -0.1) is 0 Å². The van der Waals surface area contributed by atoms with E-state index in [1.54, 1.807) is 24.3 Å². The average Bonchev–Trinajstić information content (AvgIpc) is 2.67. The minimum Gasteiger partial charge on any atom is -0.508 e. The molecule has 1 atom stereocenters. The van der Waals surface area contributed by atoms with Gasteiger partial charge in [-0.25, -0.2) is 4.79 Å². The Morgan fingerprint density at radius 3 is 2.00 bits per heavy atom. The molecule has 0 aromatic heterocycles. The molecule has 0 aliphatic heterocycles. The summed E-state index contributed by atoms with van der Waals surface area (Å²) in [7, 11) is 0. The van der Waals surface area contributed by atoms with Gasteiger partial charge in [0.1, 0.15) is 11.5 Å². The largest absolute Gasteiger partial charge is 0.508 e. The summed E-state index contributed by atoms with van der Waals surface area (Å²) in [6.45, 7) is -0.356. The van der Waals surface area contributed by atoms with Gasteiger partial charge in [-0.3, -0.25) is 0 Å². The Morgan fingerprint density at radius 2 is 1.42 bits per heavy atom. The fourth-order valence-corrected chi connectivity index (χ4v) is 2.93. The van der Waals surface area contributed by atoms with Crippen LogP contribution in [0.4, 0.5) is 0 Å². The number of hydrogen-bond donors (Lipinski definition) is 2. The molecule has 0 fully saturated rings. The lowest BCUT2D eigenvalue weighted by Gasteiger charge is -2.19. The van der Waals surface area contributed by atoms with Gasteiger partial charge < -0.3 is 14.9 Å². The third kappa shape index (κ3) is 4.63. The van der Waals surface area contributed by atoms with Crippen LogP contribution < -0.4 is 4.74 Å². The monoisotopic (exact) mass is 348 g/mol. The normalized spacial score (nSPS) is 11.7. The lowest BCUT2D eigenvalue weighted by molar-refractivity contribution is -0.139. The summed E-state index contributed by atoms with van der Waals surface area (Å²) < 4.78 is 5.21. The molecular formula is C22H20O4. The van der Waals surface area contributed by atoms with Crippen molar-refractivity contribution in [1.29, 1.82) is 0 Å². The van der Waals surface area contributed by atoms with Gasteiger partial charge in [0.2, 0.25) is 0 Å². The van der Waals surface area contributed by atoms with Gasteiger partial charge in [-0.1, -0.05) is 54.6 Å². The summed E-state index contributed by atoms with van der Waals surface area (Å²) >= 11 is 0. The smallest absolute Gasteiger partial charge is 0.341 e. The van der Waals surface area contributed by atoms with E-state index in [0.717, 1.165) is 17.5 Å². The molecule has 0 amide bonds. The number of aromatic hydroxyl groups is 1. The predicted molar refractivity (Wildman–Crippen MR) is 99.7 cm³/mol. The number of benzene rings is 3. The fourth-order valence-electron chi connectivity index (χ4n) is 2.93. The third-order valence-electron chi connectivity index (χ3n) is 4.22. The zero-order chi connectivity index (χ0) is 18.4. The Balaban J connectivity index is 1.87. The second kappa shape index (κ2) is 8.21. The zero-order valence-corrected chi connectivity index (χ0v) is 14.2. The number of phenols is 1. The van der Waals surface area contributed by atoms with Crippen LogP contribution in [0.1, 0.15) is 22.6 Å². The minimum absolute atomic E-state index is 0.117. The minimum atomic E-state index is -1.000. The van der Waals surface area contributed by atoms with E-state index in [0.29, 0.717) is 5.75 Å². The summed E-state index contributed by atoms with van der Waals surface area (Å²) in [5.74, 6) is -0.114. The molecule has 2 N–H and O–H groups in total. The molecule has 0 aliphatic rings. The van der Waals surface area contributed by atoms with Crippen LogP contribution in [0, 0.1) is 0 Å². The second-order valence-electron chi connectivity index (χ2n) is 6.09. The first-order valence-electron chi connectivity index (χ1n) is 8.39. The van der Waals surface area contributed by atoms with Crippen LogP contribution in [-0.4, -0.2) is 22.8 Å². The Kier molecular flexibility index (Phi) is 5.54. The van der Waals surface area contributed by atoms with E-state index in [-0.39, 0.29) is 18.3 Å². The maximum Gasteiger partial charge on any atom is 0.341 e. The number of ether oxygens (including phenoxy) is 1. The molecule has 1 unspecified atom stereocenters. The second-order valence-corrected chi connectivity index (χ2v) is 6.09. The molecule has 3 rings (SSSR count). The van der Waals surface area contributed by atoms with Crippen LogP contribution in [0.15, 0.2) is 78.9 Å². The van der Waals surface area contributed by atoms with Crippen molar-refractivity contribution in [2.45, 2.75) is 12.3 Å². The van der Waals surface area contributed by atoms with Crippen LogP contribution >= 0.6 is 0 Å². The van der Waals surface area contributed by atoms with Gasteiger partial charge in [0.25, 0.3) is 0 Å². The molecule has 3 aromatic carbocycles. The number of carboxylic acid groups (broad SMARTS) is 1. The maximum atomic E-state index is 10.6. The molecule has 0 radical (unpaired) electrons. The topological polar surface area (TPSA) is 66.8 Å². The lowest BCUT2D eigenvalue weighted by atomic mass is 9.86. The molecule has 0 saturated carbocycles. The fraction of sp³-hybridized carbons (Fsp3) is 0.136. The van der Waals surface area contributed by atoms with E-state index < -0.39 is 5.97 Å². The van der Waals surface area contributed by atoms with Gasteiger partial charge in [0.05, 0.1) is 0 Å². The van der Waals surface area contributed by atoms with E-state index in [1.807, 2.05) is 42.5 Å². The van der Waals surface area contributed by atoms with E-state index in [4.69, 9.17) is 9.84 Å². The van der Waals surface area contributed by atoms with E-state index in [9.17, 15) is 9.90 Å². The van der Waals surface area contributed by atoms with Crippen molar-refractivity contribution in [2.24, 2.45) is 0 Å². The predicted octanol–water partition coefficient (Wildman–Crippen LogP) is 4.23. The number of rotatable bonds is 7. The molecule has 0 heterocycles. The average molecular weight is 348 g/mol. The van der Waals surface area contributed by atoms with Crippen molar-refractivity contribution in [1.82, 2.24) is 0 Å². The maximum absolute atomic E-state index is 10.6. The SMILES string of the molecule is O=C(O)COc1ccc(C(Cc2ccccc2)c2ccc(O)cc2)cc1. The number of carboxylic acids is 1. The molecular weight excluding hydrogens is 328 g/mol. The Bertz CT molecular complexity index is 840. The van der Waals surface area contributed by atoms with Crippen LogP contribution in [0.5, 0.6) is 11.5 Å². The van der Waals surface area contributed by atoms with Crippen molar-refractivity contribution in [3.05, 3.63) is 95.6 Å². The molecule has 4 heteroatoms. The molecule has 0 saturated heterocycles. The van der Waals surface area contributed by atoms with Gasteiger partial charge >= 0.3 is 5.97 Å². The summed E-state index contributed by atoms with van der Waals surface area (Å²) in [6, 6.07) is 25.0. The van der Waals surface area contributed by atoms with Crippen molar-refractivity contribution in [3.63, 3.8) is 0 Å². The summed E-state index contributed by atoms with van der Waals surface area (Å²) in [5, 5.41) is 18.3. The van der Waals surface area contributed by atoms with Crippen LogP contribution in [0.25, 0.3) is 0 Å². The molecule has 132 valence electrons. The van der Waals surface area contributed by atoms with Gasteiger partial charge in [-0.2, -0.15) is 0 Å². The highest BCUT2D eigenvalue weighted by Crippen LogP contribution is 2.30. The van der Waals surface area contributed by atoms with Crippen LogP contribution in [0.2, 0.25) is 0 Å². The molecule has 26 heavy (non-hydrogen) atoms. The Labute approximate surface area is 152 Å². The third-order valence-corrected chi connectivity index (χ3v) is 4.22. The van der Waals surface area contributed by atoms with E-state index >= 15 is 0 Å². The van der Waals surface area contributed by atoms with E-state index in [2.05, 4.69) is 12.1 Å².